The summed E-state index contributed by atoms with van der Waals surface area (Å²) in [6, 6.07) is 5.77. The van der Waals surface area contributed by atoms with Crippen molar-refractivity contribution in [3.8, 4) is 17.2 Å². The monoisotopic (exact) mass is 249 g/mol. The third-order valence-electron chi connectivity index (χ3n) is 3.79. The molecular formula is C14H19NO3. The van der Waals surface area contributed by atoms with Crippen molar-refractivity contribution in [3.63, 3.8) is 0 Å². The Morgan fingerprint density at radius 2 is 2.00 bits per heavy atom. The van der Waals surface area contributed by atoms with Crippen LogP contribution in [0.2, 0.25) is 0 Å². The van der Waals surface area contributed by atoms with Crippen LogP contribution in [0.15, 0.2) is 18.2 Å². The molecule has 18 heavy (non-hydrogen) atoms. The van der Waals surface area contributed by atoms with E-state index in [-0.39, 0.29) is 6.04 Å². The SMILES string of the molecule is NC(COc1ccc2c(c1)OCO2)C1CCCC1. The normalized spacial score (nSPS) is 20.1. The van der Waals surface area contributed by atoms with E-state index in [0.717, 1.165) is 17.2 Å². The fourth-order valence-electron chi connectivity index (χ4n) is 2.68. The average Bonchev–Trinajstić information content (AvgIpc) is 3.05. The van der Waals surface area contributed by atoms with Gasteiger partial charge in [-0.2, -0.15) is 0 Å². The molecule has 1 heterocycles. The molecule has 0 amide bonds. The zero-order valence-corrected chi connectivity index (χ0v) is 10.4. The van der Waals surface area contributed by atoms with Crippen molar-refractivity contribution in [2.45, 2.75) is 31.7 Å². The third-order valence-corrected chi connectivity index (χ3v) is 3.79. The van der Waals surface area contributed by atoms with Crippen molar-refractivity contribution >= 4 is 0 Å². The number of hydrogen-bond donors (Lipinski definition) is 1. The van der Waals surface area contributed by atoms with Gasteiger partial charge in [0.05, 0.1) is 0 Å². The first-order valence-corrected chi connectivity index (χ1v) is 6.61. The van der Waals surface area contributed by atoms with Gasteiger partial charge in [-0.1, -0.05) is 12.8 Å². The molecule has 2 N–H and O–H groups in total. The smallest absolute Gasteiger partial charge is 0.231 e. The molecule has 2 aliphatic rings. The third kappa shape index (κ3) is 2.38. The predicted molar refractivity (Wildman–Crippen MR) is 68.0 cm³/mol. The van der Waals surface area contributed by atoms with Crippen LogP contribution in [0.5, 0.6) is 17.2 Å². The Bertz CT molecular complexity index is 416. The quantitative estimate of drug-likeness (QED) is 0.889. The molecule has 1 atom stereocenters. The summed E-state index contributed by atoms with van der Waals surface area (Å²) >= 11 is 0. The Kier molecular flexibility index (Phi) is 3.28. The Morgan fingerprint density at radius 3 is 2.83 bits per heavy atom. The van der Waals surface area contributed by atoms with E-state index in [9.17, 15) is 0 Å². The van der Waals surface area contributed by atoms with E-state index in [2.05, 4.69) is 0 Å². The van der Waals surface area contributed by atoms with Crippen LogP contribution in [0.4, 0.5) is 0 Å². The van der Waals surface area contributed by atoms with Crippen LogP contribution in [-0.2, 0) is 0 Å². The van der Waals surface area contributed by atoms with Crippen LogP contribution in [0, 0.1) is 5.92 Å². The Morgan fingerprint density at radius 1 is 1.22 bits per heavy atom. The fourth-order valence-corrected chi connectivity index (χ4v) is 2.68. The minimum absolute atomic E-state index is 0.137. The van der Waals surface area contributed by atoms with Crippen molar-refractivity contribution in [1.29, 1.82) is 0 Å². The molecule has 0 spiro atoms. The first kappa shape index (κ1) is 11.7. The van der Waals surface area contributed by atoms with Gasteiger partial charge in [0.2, 0.25) is 6.79 Å². The molecule has 1 fully saturated rings. The van der Waals surface area contributed by atoms with Gasteiger partial charge in [-0.05, 0) is 30.9 Å². The topological polar surface area (TPSA) is 53.7 Å². The van der Waals surface area contributed by atoms with Crippen molar-refractivity contribution in [1.82, 2.24) is 0 Å². The summed E-state index contributed by atoms with van der Waals surface area (Å²) in [5, 5.41) is 0. The molecule has 1 aliphatic heterocycles. The molecule has 0 saturated heterocycles. The van der Waals surface area contributed by atoms with Crippen LogP contribution >= 0.6 is 0 Å². The van der Waals surface area contributed by atoms with Gasteiger partial charge in [-0.15, -0.1) is 0 Å². The molecule has 3 rings (SSSR count). The molecule has 0 bridgehead atoms. The number of nitrogens with two attached hydrogens (primary N) is 1. The number of benzene rings is 1. The Hall–Kier alpha value is -1.42. The number of ether oxygens (including phenoxy) is 3. The lowest BCUT2D eigenvalue weighted by atomic mass is 10.00. The average molecular weight is 249 g/mol. The number of fused-ring (bicyclic) bond motifs is 1. The number of hydrogen-bond acceptors (Lipinski definition) is 4. The second-order valence-corrected chi connectivity index (χ2v) is 5.03. The first-order chi connectivity index (χ1) is 8.83. The second-order valence-electron chi connectivity index (χ2n) is 5.03. The molecule has 1 aliphatic carbocycles. The van der Waals surface area contributed by atoms with Crippen molar-refractivity contribution in [2.75, 3.05) is 13.4 Å². The highest BCUT2D eigenvalue weighted by molar-refractivity contribution is 5.46. The first-order valence-electron chi connectivity index (χ1n) is 6.61. The molecule has 4 nitrogen and oxygen atoms in total. The number of rotatable bonds is 4. The highest BCUT2D eigenvalue weighted by Crippen LogP contribution is 2.35. The zero-order chi connectivity index (χ0) is 12.4. The standard InChI is InChI=1S/C14H19NO3/c15-12(10-3-1-2-4-10)8-16-11-5-6-13-14(7-11)18-9-17-13/h5-7,10,12H,1-4,8-9,15H2. The summed E-state index contributed by atoms with van der Waals surface area (Å²) < 4.78 is 16.3. The highest BCUT2D eigenvalue weighted by Gasteiger charge is 2.22. The minimum Gasteiger partial charge on any atom is -0.492 e. The Balaban J connectivity index is 1.56. The fraction of sp³-hybridized carbons (Fsp3) is 0.571. The second kappa shape index (κ2) is 5.06. The van der Waals surface area contributed by atoms with Crippen LogP contribution in [0.3, 0.4) is 0 Å². The van der Waals surface area contributed by atoms with Gasteiger partial charge in [-0.3, -0.25) is 0 Å². The van der Waals surface area contributed by atoms with E-state index < -0.39 is 0 Å². The van der Waals surface area contributed by atoms with E-state index in [1.165, 1.54) is 25.7 Å². The van der Waals surface area contributed by atoms with Gasteiger partial charge >= 0.3 is 0 Å². The molecular weight excluding hydrogens is 230 g/mol. The highest BCUT2D eigenvalue weighted by atomic mass is 16.7. The lowest BCUT2D eigenvalue weighted by Gasteiger charge is -2.19. The van der Waals surface area contributed by atoms with Crippen molar-refractivity contribution in [2.24, 2.45) is 11.7 Å². The van der Waals surface area contributed by atoms with Crippen LogP contribution in [0.25, 0.3) is 0 Å². The van der Waals surface area contributed by atoms with E-state index in [0.29, 0.717) is 19.3 Å². The summed E-state index contributed by atoms with van der Waals surface area (Å²) in [6.45, 7) is 0.866. The van der Waals surface area contributed by atoms with Crippen molar-refractivity contribution in [3.05, 3.63) is 18.2 Å². The maximum atomic E-state index is 6.16. The zero-order valence-electron chi connectivity index (χ0n) is 10.4. The summed E-state index contributed by atoms with van der Waals surface area (Å²) in [5.74, 6) is 2.95. The van der Waals surface area contributed by atoms with E-state index in [1.807, 2.05) is 18.2 Å². The molecule has 1 unspecified atom stereocenters. The van der Waals surface area contributed by atoms with Gasteiger partial charge in [0.1, 0.15) is 12.4 Å². The molecule has 0 radical (unpaired) electrons. The van der Waals surface area contributed by atoms with E-state index in [4.69, 9.17) is 19.9 Å². The van der Waals surface area contributed by atoms with Crippen LogP contribution in [-0.4, -0.2) is 19.4 Å². The van der Waals surface area contributed by atoms with Crippen LogP contribution in [0.1, 0.15) is 25.7 Å². The summed E-state index contributed by atoms with van der Waals surface area (Å²) in [6.07, 6.45) is 5.10. The molecule has 98 valence electrons. The van der Waals surface area contributed by atoms with Gasteiger partial charge < -0.3 is 19.9 Å². The molecule has 1 saturated carbocycles. The lowest BCUT2D eigenvalue weighted by molar-refractivity contribution is 0.173. The Labute approximate surface area is 107 Å². The van der Waals surface area contributed by atoms with E-state index in [1.54, 1.807) is 0 Å². The van der Waals surface area contributed by atoms with Crippen LogP contribution < -0.4 is 19.9 Å². The lowest BCUT2D eigenvalue weighted by Crippen LogP contribution is -2.34. The van der Waals surface area contributed by atoms with Gasteiger partial charge in [0.15, 0.2) is 11.5 Å². The molecule has 1 aromatic rings. The maximum Gasteiger partial charge on any atom is 0.231 e. The summed E-state index contributed by atoms with van der Waals surface area (Å²) in [7, 11) is 0. The molecule has 0 aromatic heterocycles. The van der Waals surface area contributed by atoms with Gasteiger partial charge in [-0.25, -0.2) is 0 Å². The summed E-state index contributed by atoms with van der Waals surface area (Å²) in [5.41, 5.74) is 6.16. The predicted octanol–water partition coefficient (Wildman–Crippen LogP) is 2.31. The van der Waals surface area contributed by atoms with Gasteiger partial charge in [0, 0.05) is 12.1 Å². The van der Waals surface area contributed by atoms with Crippen molar-refractivity contribution < 1.29 is 14.2 Å². The van der Waals surface area contributed by atoms with Gasteiger partial charge in [0.25, 0.3) is 0 Å². The summed E-state index contributed by atoms with van der Waals surface area (Å²) in [4.78, 5) is 0. The molecule has 1 aromatic carbocycles. The largest absolute Gasteiger partial charge is 0.492 e. The minimum atomic E-state index is 0.137. The maximum absolute atomic E-state index is 6.16. The molecule has 4 heteroatoms. The van der Waals surface area contributed by atoms with E-state index >= 15 is 0 Å².